The number of ether oxygens (including phenoxy) is 1. The Morgan fingerprint density at radius 2 is 1.91 bits per heavy atom. The standard InChI is InChI=1S/C19H30N2O/c1-14(2)22-13-15-8-19(21-10-15)18-9-17(11-20-12-18)16-6-4-3-5-7-16/h3-7,14-15,17-21H,8-13H2,1-2H3. The van der Waals surface area contributed by atoms with Gasteiger partial charge in [-0.2, -0.15) is 0 Å². The van der Waals surface area contributed by atoms with E-state index in [-0.39, 0.29) is 0 Å². The molecule has 3 rings (SSSR count). The van der Waals surface area contributed by atoms with Gasteiger partial charge in [0, 0.05) is 19.1 Å². The van der Waals surface area contributed by atoms with Crippen molar-refractivity contribution in [1.82, 2.24) is 10.6 Å². The third kappa shape index (κ3) is 4.09. The molecule has 2 fully saturated rings. The molecule has 3 heteroatoms. The number of rotatable bonds is 5. The van der Waals surface area contributed by atoms with Crippen molar-refractivity contribution in [3.8, 4) is 0 Å². The lowest BCUT2D eigenvalue weighted by atomic mass is 9.81. The molecule has 0 amide bonds. The molecule has 1 aromatic carbocycles. The number of hydrogen-bond donors (Lipinski definition) is 2. The Labute approximate surface area is 134 Å². The molecule has 0 saturated carbocycles. The van der Waals surface area contributed by atoms with Crippen LogP contribution in [-0.2, 0) is 4.74 Å². The second-order valence-electron chi connectivity index (χ2n) is 7.26. The molecule has 2 heterocycles. The van der Waals surface area contributed by atoms with Crippen LogP contribution >= 0.6 is 0 Å². The molecule has 2 aliphatic heterocycles. The molecule has 2 N–H and O–H groups in total. The van der Waals surface area contributed by atoms with Gasteiger partial charge in [0.15, 0.2) is 0 Å². The molecule has 122 valence electrons. The summed E-state index contributed by atoms with van der Waals surface area (Å²) in [7, 11) is 0. The summed E-state index contributed by atoms with van der Waals surface area (Å²) in [6.07, 6.45) is 2.91. The van der Waals surface area contributed by atoms with Crippen LogP contribution in [0.15, 0.2) is 30.3 Å². The molecule has 2 saturated heterocycles. The topological polar surface area (TPSA) is 33.3 Å². The monoisotopic (exact) mass is 302 g/mol. The average molecular weight is 302 g/mol. The highest BCUT2D eigenvalue weighted by Gasteiger charge is 2.34. The Morgan fingerprint density at radius 1 is 1.09 bits per heavy atom. The highest BCUT2D eigenvalue weighted by atomic mass is 16.5. The molecule has 2 aliphatic rings. The Hall–Kier alpha value is -0.900. The molecular weight excluding hydrogens is 272 g/mol. The first kappa shape index (κ1) is 16.0. The van der Waals surface area contributed by atoms with Crippen molar-refractivity contribution in [2.24, 2.45) is 11.8 Å². The van der Waals surface area contributed by atoms with Crippen LogP contribution in [0, 0.1) is 11.8 Å². The summed E-state index contributed by atoms with van der Waals surface area (Å²) in [4.78, 5) is 0. The largest absolute Gasteiger partial charge is 0.378 e. The van der Waals surface area contributed by atoms with E-state index < -0.39 is 0 Å². The van der Waals surface area contributed by atoms with Gasteiger partial charge in [0.2, 0.25) is 0 Å². The quantitative estimate of drug-likeness (QED) is 0.877. The van der Waals surface area contributed by atoms with E-state index in [0.29, 0.717) is 24.0 Å². The minimum Gasteiger partial charge on any atom is -0.378 e. The molecule has 4 unspecified atom stereocenters. The summed E-state index contributed by atoms with van der Waals surface area (Å²) in [6.45, 7) is 8.53. The van der Waals surface area contributed by atoms with Gasteiger partial charge >= 0.3 is 0 Å². The van der Waals surface area contributed by atoms with Crippen LogP contribution < -0.4 is 10.6 Å². The van der Waals surface area contributed by atoms with Crippen molar-refractivity contribution in [3.05, 3.63) is 35.9 Å². The summed E-state index contributed by atoms with van der Waals surface area (Å²) < 4.78 is 5.80. The maximum Gasteiger partial charge on any atom is 0.0519 e. The maximum atomic E-state index is 5.80. The zero-order chi connectivity index (χ0) is 15.4. The second kappa shape index (κ2) is 7.58. The molecule has 0 bridgehead atoms. The van der Waals surface area contributed by atoms with Gasteiger partial charge in [-0.15, -0.1) is 0 Å². The van der Waals surface area contributed by atoms with Gasteiger partial charge in [-0.05, 0) is 56.6 Å². The summed E-state index contributed by atoms with van der Waals surface area (Å²) in [5.41, 5.74) is 1.48. The molecule has 0 aromatic heterocycles. The number of piperidine rings is 1. The van der Waals surface area contributed by atoms with Crippen LogP contribution in [0.25, 0.3) is 0 Å². The van der Waals surface area contributed by atoms with Crippen LogP contribution in [0.5, 0.6) is 0 Å². The minimum atomic E-state index is 0.345. The van der Waals surface area contributed by atoms with E-state index in [4.69, 9.17) is 4.74 Å². The zero-order valence-corrected chi connectivity index (χ0v) is 13.9. The average Bonchev–Trinajstić information content (AvgIpc) is 3.03. The van der Waals surface area contributed by atoms with Gasteiger partial charge < -0.3 is 15.4 Å². The first-order valence-electron chi connectivity index (χ1n) is 8.83. The summed E-state index contributed by atoms with van der Waals surface area (Å²) in [5, 5.41) is 7.41. The van der Waals surface area contributed by atoms with Crippen LogP contribution in [0.2, 0.25) is 0 Å². The van der Waals surface area contributed by atoms with E-state index in [0.717, 1.165) is 32.2 Å². The Morgan fingerprint density at radius 3 is 2.68 bits per heavy atom. The molecule has 0 spiro atoms. The Balaban J connectivity index is 1.52. The van der Waals surface area contributed by atoms with E-state index in [1.54, 1.807) is 0 Å². The molecule has 0 aliphatic carbocycles. The third-order valence-electron chi connectivity index (χ3n) is 5.15. The first-order valence-corrected chi connectivity index (χ1v) is 8.83. The highest BCUT2D eigenvalue weighted by Crippen LogP contribution is 2.31. The molecule has 0 radical (unpaired) electrons. The fourth-order valence-corrected chi connectivity index (χ4v) is 3.92. The van der Waals surface area contributed by atoms with E-state index in [1.165, 1.54) is 18.4 Å². The smallest absolute Gasteiger partial charge is 0.0519 e. The van der Waals surface area contributed by atoms with Crippen molar-refractivity contribution in [1.29, 1.82) is 0 Å². The normalized spacial score (nSPS) is 32.5. The fraction of sp³-hybridized carbons (Fsp3) is 0.684. The van der Waals surface area contributed by atoms with Gasteiger partial charge in [-0.3, -0.25) is 0 Å². The highest BCUT2D eigenvalue weighted by molar-refractivity contribution is 5.20. The van der Waals surface area contributed by atoms with Crippen LogP contribution in [0.4, 0.5) is 0 Å². The van der Waals surface area contributed by atoms with Crippen LogP contribution in [0.3, 0.4) is 0 Å². The Bertz CT molecular complexity index is 448. The van der Waals surface area contributed by atoms with E-state index in [9.17, 15) is 0 Å². The molecule has 3 nitrogen and oxygen atoms in total. The fourth-order valence-electron chi connectivity index (χ4n) is 3.92. The first-order chi connectivity index (χ1) is 10.7. The molecular formula is C19H30N2O. The summed E-state index contributed by atoms with van der Waals surface area (Å²) >= 11 is 0. The van der Waals surface area contributed by atoms with Crippen molar-refractivity contribution < 1.29 is 4.74 Å². The van der Waals surface area contributed by atoms with Crippen molar-refractivity contribution >= 4 is 0 Å². The summed E-state index contributed by atoms with van der Waals surface area (Å²) in [5.74, 6) is 2.08. The lowest BCUT2D eigenvalue weighted by Crippen LogP contribution is -2.43. The van der Waals surface area contributed by atoms with Gasteiger partial charge in [-0.1, -0.05) is 30.3 Å². The molecule has 1 aromatic rings. The third-order valence-corrected chi connectivity index (χ3v) is 5.15. The Kier molecular flexibility index (Phi) is 5.51. The molecule has 4 atom stereocenters. The minimum absolute atomic E-state index is 0.345. The summed E-state index contributed by atoms with van der Waals surface area (Å²) in [6, 6.07) is 11.6. The van der Waals surface area contributed by atoms with Crippen LogP contribution in [-0.4, -0.2) is 38.4 Å². The van der Waals surface area contributed by atoms with E-state index in [1.807, 2.05) is 0 Å². The van der Waals surface area contributed by atoms with Crippen molar-refractivity contribution in [3.63, 3.8) is 0 Å². The predicted molar refractivity (Wildman–Crippen MR) is 91.1 cm³/mol. The lowest BCUT2D eigenvalue weighted by molar-refractivity contribution is 0.0545. The van der Waals surface area contributed by atoms with Crippen LogP contribution in [0.1, 0.15) is 38.2 Å². The van der Waals surface area contributed by atoms with Gasteiger partial charge in [0.1, 0.15) is 0 Å². The zero-order valence-electron chi connectivity index (χ0n) is 13.9. The van der Waals surface area contributed by atoms with Gasteiger partial charge in [0.25, 0.3) is 0 Å². The van der Waals surface area contributed by atoms with Gasteiger partial charge in [0.05, 0.1) is 12.7 Å². The predicted octanol–water partition coefficient (Wildman–Crippen LogP) is 2.78. The molecule has 22 heavy (non-hydrogen) atoms. The van der Waals surface area contributed by atoms with E-state index in [2.05, 4.69) is 54.8 Å². The van der Waals surface area contributed by atoms with Gasteiger partial charge in [-0.25, -0.2) is 0 Å². The van der Waals surface area contributed by atoms with Crippen molar-refractivity contribution in [2.75, 3.05) is 26.2 Å². The number of hydrogen-bond acceptors (Lipinski definition) is 3. The number of benzene rings is 1. The lowest BCUT2D eigenvalue weighted by Gasteiger charge is -2.34. The van der Waals surface area contributed by atoms with E-state index >= 15 is 0 Å². The maximum absolute atomic E-state index is 5.80. The number of nitrogens with one attached hydrogen (secondary N) is 2. The van der Waals surface area contributed by atoms with Crippen molar-refractivity contribution in [2.45, 2.75) is 44.8 Å². The SMILES string of the molecule is CC(C)OCC1CNC(C2CNCC(c3ccccc3)C2)C1. The second-order valence-corrected chi connectivity index (χ2v) is 7.26.